The van der Waals surface area contributed by atoms with Crippen LogP contribution < -0.4 is 0 Å². The normalized spacial score (nSPS) is 13.6. The molecule has 7 heteroatoms. The van der Waals surface area contributed by atoms with E-state index in [1.165, 1.54) is 0 Å². The molecular weight excluding hydrogens is 522 g/mol. The van der Waals surface area contributed by atoms with Crippen LogP contribution in [0.1, 0.15) is 23.0 Å². The molecule has 2 aromatic carbocycles. The first-order valence-electron chi connectivity index (χ1n) is 6.94. The summed E-state index contributed by atoms with van der Waals surface area (Å²) in [6, 6.07) is 10.2. The molecule has 24 heavy (non-hydrogen) atoms. The Bertz CT molecular complexity index is 690. The minimum absolute atomic E-state index is 0.0166. The number of rotatable bonds is 6. The van der Waals surface area contributed by atoms with Gasteiger partial charge in [0, 0.05) is 30.8 Å². The maximum atomic E-state index is 13.2. The average molecular weight is 534 g/mol. The molecule has 0 spiro atoms. The molecule has 1 nitrogen and oxygen atoms in total. The van der Waals surface area contributed by atoms with Gasteiger partial charge in [-0.1, -0.05) is 78.3 Å². The topological polar surface area (TPSA) is 17.1 Å². The Morgan fingerprint density at radius 3 is 1.50 bits per heavy atom. The first kappa shape index (κ1) is 20.5. The summed E-state index contributed by atoms with van der Waals surface area (Å²) < 4.78 is 0. The molecular formula is C17H12Br2Cl4O. The van der Waals surface area contributed by atoms with Crippen LogP contribution in [0, 0.1) is 0 Å². The number of hydrogen-bond donors (Lipinski definition) is 0. The maximum absolute atomic E-state index is 13.2. The molecule has 0 aromatic heterocycles. The number of halogens is 6. The Labute approximate surface area is 177 Å². The van der Waals surface area contributed by atoms with Gasteiger partial charge in [-0.3, -0.25) is 4.79 Å². The van der Waals surface area contributed by atoms with Gasteiger partial charge < -0.3 is 0 Å². The minimum atomic E-state index is -0.450. The van der Waals surface area contributed by atoms with Crippen LogP contribution in [-0.2, 0) is 4.79 Å². The Hall–Kier alpha value is 0.230. The predicted molar refractivity (Wildman–Crippen MR) is 111 cm³/mol. The third kappa shape index (κ3) is 4.69. The summed E-state index contributed by atoms with van der Waals surface area (Å²) in [6.45, 7) is 0. The van der Waals surface area contributed by atoms with Crippen molar-refractivity contribution in [2.75, 3.05) is 10.7 Å². The molecule has 2 rings (SSSR count). The molecule has 0 N–H and O–H groups in total. The molecule has 0 saturated carbocycles. The zero-order valence-corrected chi connectivity index (χ0v) is 18.4. The van der Waals surface area contributed by atoms with E-state index in [2.05, 4.69) is 31.9 Å². The number of ketones is 1. The van der Waals surface area contributed by atoms with Crippen molar-refractivity contribution in [3.8, 4) is 0 Å². The summed E-state index contributed by atoms with van der Waals surface area (Å²) in [5.74, 6) is -0.917. The number of carbonyl (C=O) groups is 1. The van der Waals surface area contributed by atoms with Gasteiger partial charge in [-0.05, 0) is 47.5 Å². The van der Waals surface area contributed by atoms with Gasteiger partial charge in [-0.2, -0.15) is 0 Å². The molecule has 0 amide bonds. The fourth-order valence-corrected chi connectivity index (χ4v) is 4.63. The van der Waals surface area contributed by atoms with Gasteiger partial charge in [0.25, 0.3) is 0 Å². The number of alkyl halides is 2. The van der Waals surface area contributed by atoms with E-state index in [0.29, 0.717) is 41.9 Å². The van der Waals surface area contributed by atoms with Gasteiger partial charge in [-0.15, -0.1) is 0 Å². The van der Waals surface area contributed by atoms with Gasteiger partial charge >= 0.3 is 0 Å². The number of Topliss-reactive ketones (excluding diaryl/α,β-unsaturated/α-hetero) is 1. The lowest BCUT2D eigenvalue weighted by molar-refractivity contribution is -0.121. The smallest absolute Gasteiger partial charge is 0.149 e. The van der Waals surface area contributed by atoms with Crippen molar-refractivity contribution in [1.29, 1.82) is 0 Å². The van der Waals surface area contributed by atoms with Crippen LogP contribution in [0.2, 0.25) is 20.1 Å². The molecule has 0 heterocycles. The molecule has 0 saturated heterocycles. The first-order valence-corrected chi connectivity index (χ1v) is 10.7. The van der Waals surface area contributed by atoms with Crippen molar-refractivity contribution in [3.05, 3.63) is 67.6 Å². The highest BCUT2D eigenvalue weighted by Crippen LogP contribution is 2.37. The third-order valence-electron chi connectivity index (χ3n) is 3.66. The van der Waals surface area contributed by atoms with E-state index in [1.54, 1.807) is 36.4 Å². The summed E-state index contributed by atoms with van der Waals surface area (Å²) in [6.07, 6.45) is 0. The Morgan fingerprint density at radius 1 is 0.792 bits per heavy atom. The van der Waals surface area contributed by atoms with E-state index in [0.717, 1.165) is 0 Å². The number of carbonyl (C=O) groups excluding carboxylic acids is 1. The van der Waals surface area contributed by atoms with Crippen LogP contribution in [0.25, 0.3) is 0 Å². The molecule has 2 unspecified atom stereocenters. The Morgan fingerprint density at radius 2 is 1.17 bits per heavy atom. The molecule has 2 atom stereocenters. The van der Waals surface area contributed by atoms with Crippen LogP contribution >= 0.6 is 78.3 Å². The van der Waals surface area contributed by atoms with Gasteiger partial charge in [-0.25, -0.2) is 0 Å². The van der Waals surface area contributed by atoms with Crippen LogP contribution in [0.3, 0.4) is 0 Å². The lowest BCUT2D eigenvalue weighted by atomic mass is 9.85. The van der Waals surface area contributed by atoms with E-state index in [4.69, 9.17) is 46.4 Å². The minimum Gasteiger partial charge on any atom is -0.298 e. The van der Waals surface area contributed by atoms with Crippen molar-refractivity contribution in [1.82, 2.24) is 0 Å². The van der Waals surface area contributed by atoms with Crippen LogP contribution in [0.4, 0.5) is 0 Å². The van der Waals surface area contributed by atoms with E-state index >= 15 is 0 Å². The van der Waals surface area contributed by atoms with Crippen molar-refractivity contribution >= 4 is 84.0 Å². The molecule has 0 radical (unpaired) electrons. The molecule has 0 aliphatic carbocycles. The van der Waals surface area contributed by atoms with Crippen LogP contribution in [0.15, 0.2) is 36.4 Å². The second-order valence-electron chi connectivity index (χ2n) is 5.15. The van der Waals surface area contributed by atoms with Gasteiger partial charge in [0.15, 0.2) is 0 Å². The largest absolute Gasteiger partial charge is 0.298 e. The molecule has 0 fully saturated rings. The Balaban J connectivity index is 2.45. The van der Waals surface area contributed by atoms with Crippen molar-refractivity contribution < 1.29 is 4.79 Å². The second kappa shape index (κ2) is 9.25. The monoisotopic (exact) mass is 530 g/mol. The zero-order valence-electron chi connectivity index (χ0n) is 12.2. The van der Waals surface area contributed by atoms with E-state index in [1.807, 2.05) is 0 Å². The average Bonchev–Trinajstić information content (AvgIpc) is 2.55. The quantitative estimate of drug-likeness (QED) is 0.351. The fraction of sp³-hybridized carbons (Fsp3) is 0.235. The summed E-state index contributed by atoms with van der Waals surface area (Å²) in [7, 11) is 0. The summed E-state index contributed by atoms with van der Waals surface area (Å²) >= 11 is 31.5. The summed E-state index contributed by atoms with van der Waals surface area (Å²) in [4.78, 5) is 13.2. The molecule has 0 bridgehead atoms. The molecule has 128 valence electrons. The maximum Gasteiger partial charge on any atom is 0.149 e. The van der Waals surface area contributed by atoms with E-state index in [-0.39, 0.29) is 5.78 Å². The Kier molecular flexibility index (Phi) is 7.92. The molecule has 0 aliphatic heterocycles. The highest BCUT2D eigenvalue weighted by molar-refractivity contribution is 9.09. The standard InChI is InChI=1S/C17H12Br2Cl4O/c18-7-13(11-5-9(20)1-3-15(11)22)17(24)14(8-19)12-6-10(21)2-4-16(12)23/h1-6,13-14H,7-8H2. The highest BCUT2D eigenvalue weighted by Gasteiger charge is 2.31. The van der Waals surface area contributed by atoms with Crippen LogP contribution in [-0.4, -0.2) is 16.4 Å². The zero-order chi connectivity index (χ0) is 17.9. The molecule has 2 aromatic rings. The fourth-order valence-electron chi connectivity index (χ4n) is 2.43. The van der Waals surface area contributed by atoms with Crippen molar-refractivity contribution in [2.45, 2.75) is 11.8 Å². The third-order valence-corrected chi connectivity index (χ3v) is 6.12. The van der Waals surface area contributed by atoms with Gasteiger partial charge in [0.05, 0.1) is 11.8 Å². The van der Waals surface area contributed by atoms with Crippen molar-refractivity contribution in [2.24, 2.45) is 0 Å². The van der Waals surface area contributed by atoms with Crippen LogP contribution in [0.5, 0.6) is 0 Å². The molecule has 0 aliphatic rings. The lowest BCUT2D eigenvalue weighted by Crippen LogP contribution is -2.23. The summed E-state index contributed by atoms with van der Waals surface area (Å²) in [5.41, 5.74) is 1.38. The van der Waals surface area contributed by atoms with Crippen molar-refractivity contribution in [3.63, 3.8) is 0 Å². The number of benzene rings is 2. The second-order valence-corrected chi connectivity index (χ2v) is 8.13. The first-order chi connectivity index (χ1) is 11.4. The van der Waals surface area contributed by atoms with E-state index < -0.39 is 11.8 Å². The van der Waals surface area contributed by atoms with Gasteiger partial charge in [0.2, 0.25) is 0 Å². The predicted octanol–water partition coefficient (Wildman–Crippen LogP) is 7.53. The highest BCUT2D eigenvalue weighted by atomic mass is 79.9. The lowest BCUT2D eigenvalue weighted by Gasteiger charge is -2.22. The van der Waals surface area contributed by atoms with Gasteiger partial charge in [0.1, 0.15) is 5.78 Å². The SMILES string of the molecule is O=C(C(CBr)c1cc(Cl)ccc1Cl)C(CBr)c1cc(Cl)ccc1Cl. The van der Waals surface area contributed by atoms with E-state index in [9.17, 15) is 4.79 Å². The number of hydrogen-bond acceptors (Lipinski definition) is 1. The summed E-state index contributed by atoms with van der Waals surface area (Å²) in [5, 5.41) is 2.92.